The zero-order chi connectivity index (χ0) is 23.9. The Kier molecular flexibility index (Phi) is 6.01. The van der Waals surface area contributed by atoms with Crippen molar-refractivity contribution in [2.45, 2.75) is 25.2 Å². The summed E-state index contributed by atoms with van der Waals surface area (Å²) in [6, 6.07) is 16.1. The minimum atomic E-state index is -3.53. The van der Waals surface area contributed by atoms with Crippen LogP contribution in [0.5, 0.6) is 0 Å². The zero-order valence-corrected chi connectivity index (χ0v) is 20.6. The fraction of sp³-hybridized carbons (Fsp3) is 0.292. The van der Waals surface area contributed by atoms with Gasteiger partial charge >= 0.3 is 0 Å². The second kappa shape index (κ2) is 8.98. The number of anilines is 1. The summed E-state index contributed by atoms with van der Waals surface area (Å²) in [5, 5.41) is 6.19. The van der Waals surface area contributed by atoms with Gasteiger partial charge in [0.05, 0.1) is 26.7 Å². The van der Waals surface area contributed by atoms with Crippen LogP contribution < -0.4 is 4.90 Å². The van der Waals surface area contributed by atoms with Crippen molar-refractivity contribution in [3.05, 3.63) is 71.1 Å². The van der Waals surface area contributed by atoms with Crippen molar-refractivity contribution in [1.82, 2.24) is 24.1 Å². The second-order valence-corrected chi connectivity index (χ2v) is 10.5. The molecule has 10 heteroatoms. The van der Waals surface area contributed by atoms with E-state index in [0.29, 0.717) is 54.0 Å². The number of aryl methyl sites for hydroxylation is 2. The minimum absolute atomic E-state index is 0.318. The van der Waals surface area contributed by atoms with Gasteiger partial charge in [0, 0.05) is 32.6 Å². The monoisotopic (exact) mass is 496 g/mol. The quantitative estimate of drug-likeness (QED) is 0.417. The van der Waals surface area contributed by atoms with Crippen LogP contribution in [0.4, 0.5) is 5.82 Å². The Hall–Kier alpha value is -3.01. The van der Waals surface area contributed by atoms with Crippen LogP contribution in [0.25, 0.3) is 16.7 Å². The number of hydrogen-bond acceptors (Lipinski definition) is 6. The third-order valence-electron chi connectivity index (χ3n) is 6.05. The molecule has 1 fully saturated rings. The van der Waals surface area contributed by atoms with Crippen LogP contribution in [0, 0.1) is 6.92 Å². The van der Waals surface area contributed by atoms with Gasteiger partial charge in [-0.1, -0.05) is 48.9 Å². The Morgan fingerprint density at radius 3 is 2.29 bits per heavy atom. The van der Waals surface area contributed by atoms with Crippen LogP contribution in [0.1, 0.15) is 18.4 Å². The highest BCUT2D eigenvalue weighted by atomic mass is 35.5. The molecule has 34 heavy (non-hydrogen) atoms. The first-order chi connectivity index (χ1) is 16.4. The normalized spacial score (nSPS) is 15.2. The average molecular weight is 497 g/mol. The number of piperazine rings is 1. The van der Waals surface area contributed by atoms with Crippen LogP contribution in [-0.2, 0) is 16.4 Å². The first-order valence-electron chi connectivity index (χ1n) is 11.2. The summed E-state index contributed by atoms with van der Waals surface area (Å²) >= 11 is 6.46. The van der Waals surface area contributed by atoms with Crippen molar-refractivity contribution < 1.29 is 8.42 Å². The van der Waals surface area contributed by atoms with E-state index in [1.165, 1.54) is 4.31 Å². The number of para-hydroxylation sites is 1. The second-order valence-electron chi connectivity index (χ2n) is 8.17. The van der Waals surface area contributed by atoms with E-state index in [-0.39, 0.29) is 0 Å². The van der Waals surface area contributed by atoms with Gasteiger partial charge in [0.15, 0.2) is 5.65 Å². The van der Waals surface area contributed by atoms with Crippen molar-refractivity contribution in [3.63, 3.8) is 0 Å². The molecule has 1 aliphatic heterocycles. The number of halogens is 1. The first kappa shape index (κ1) is 22.8. The Morgan fingerprint density at radius 1 is 0.941 bits per heavy atom. The molecule has 0 amide bonds. The summed E-state index contributed by atoms with van der Waals surface area (Å²) in [7, 11) is -3.53. The first-order valence-corrected chi connectivity index (χ1v) is 13.0. The van der Waals surface area contributed by atoms with Gasteiger partial charge in [0.25, 0.3) is 0 Å². The largest absolute Gasteiger partial charge is 0.353 e. The molecule has 0 radical (unpaired) electrons. The van der Waals surface area contributed by atoms with E-state index in [0.717, 1.165) is 22.6 Å². The lowest BCUT2D eigenvalue weighted by Gasteiger charge is -2.35. The molecule has 0 N–H and O–H groups in total. The van der Waals surface area contributed by atoms with Crippen molar-refractivity contribution in [2.75, 3.05) is 31.1 Å². The molecule has 3 heterocycles. The number of fused-ring (bicyclic) bond motifs is 1. The predicted molar refractivity (Wildman–Crippen MR) is 133 cm³/mol. The van der Waals surface area contributed by atoms with Gasteiger partial charge in [-0.3, -0.25) is 0 Å². The molecule has 8 nitrogen and oxygen atoms in total. The van der Waals surface area contributed by atoms with E-state index in [2.05, 4.69) is 4.90 Å². The predicted octanol–water partition coefficient (Wildman–Crippen LogP) is 3.85. The summed E-state index contributed by atoms with van der Waals surface area (Å²) in [5.41, 5.74) is 2.26. The lowest BCUT2D eigenvalue weighted by atomic mass is 10.2. The molecule has 0 unspecified atom stereocenters. The van der Waals surface area contributed by atoms with Crippen molar-refractivity contribution in [3.8, 4) is 5.69 Å². The Balaban J connectivity index is 1.51. The van der Waals surface area contributed by atoms with Gasteiger partial charge in [-0.05, 0) is 31.2 Å². The zero-order valence-electron chi connectivity index (χ0n) is 19.0. The molecular formula is C24H25ClN6O2S. The lowest BCUT2D eigenvalue weighted by Crippen LogP contribution is -2.49. The summed E-state index contributed by atoms with van der Waals surface area (Å²) < 4.78 is 29.4. The number of nitrogens with zero attached hydrogens (tertiary/aromatic N) is 6. The Morgan fingerprint density at radius 2 is 1.62 bits per heavy atom. The SMILES string of the molecule is CCc1nc(N2CCN(S(=O)(=O)c3ccccc3)CC2)c2c(C)nn(-c3ccccc3Cl)c2n1. The van der Waals surface area contributed by atoms with E-state index >= 15 is 0 Å². The molecule has 4 aromatic rings. The van der Waals surface area contributed by atoms with Crippen molar-refractivity contribution in [1.29, 1.82) is 0 Å². The Bertz CT molecular complexity index is 1450. The third kappa shape index (κ3) is 3.93. The van der Waals surface area contributed by atoms with E-state index < -0.39 is 10.0 Å². The maximum absolute atomic E-state index is 13.0. The number of rotatable bonds is 5. The molecule has 0 saturated carbocycles. The summed E-state index contributed by atoms with van der Waals surface area (Å²) in [6.07, 6.45) is 0.665. The summed E-state index contributed by atoms with van der Waals surface area (Å²) in [5.74, 6) is 1.49. The molecule has 0 spiro atoms. The maximum Gasteiger partial charge on any atom is 0.243 e. The molecule has 1 aliphatic rings. The van der Waals surface area contributed by atoms with Crippen LogP contribution in [-0.4, -0.2) is 58.7 Å². The molecule has 0 aliphatic carbocycles. The van der Waals surface area contributed by atoms with Crippen LogP contribution in [0.3, 0.4) is 0 Å². The molecule has 2 aromatic carbocycles. The van der Waals surface area contributed by atoms with Crippen molar-refractivity contribution >= 4 is 38.5 Å². The highest BCUT2D eigenvalue weighted by Crippen LogP contribution is 2.32. The molecule has 0 bridgehead atoms. The fourth-order valence-corrected chi connectivity index (χ4v) is 5.92. The van der Waals surface area contributed by atoms with Gasteiger partial charge < -0.3 is 4.90 Å². The minimum Gasteiger partial charge on any atom is -0.353 e. The standard InChI is InChI=1S/C24H25ClN6O2S/c1-3-21-26-23(22-17(2)28-31(24(22)27-21)20-12-8-7-11-19(20)25)29-13-15-30(16-14-29)34(32,33)18-9-5-4-6-10-18/h4-12H,3,13-16H2,1-2H3. The van der Waals surface area contributed by atoms with Gasteiger partial charge in [-0.2, -0.15) is 9.40 Å². The van der Waals surface area contributed by atoms with Crippen molar-refractivity contribution in [2.24, 2.45) is 0 Å². The van der Waals surface area contributed by atoms with Gasteiger partial charge in [0.2, 0.25) is 10.0 Å². The highest BCUT2D eigenvalue weighted by Gasteiger charge is 2.30. The van der Waals surface area contributed by atoms with E-state index in [9.17, 15) is 8.42 Å². The van der Waals surface area contributed by atoms with Crippen LogP contribution >= 0.6 is 11.6 Å². The maximum atomic E-state index is 13.0. The average Bonchev–Trinajstić information content (AvgIpc) is 3.20. The summed E-state index contributed by atoms with van der Waals surface area (Å²) in [6.45, 7) is 5.75. The van der Waals surface area contributed by atoms with Gasteiger partial charge in [0.1, 0.15) is 11.6 Å². The third-order valence-corrected chi connectivity index (χ3v) is 8.28. The summed E-state index contributed by atoms with van der Waals surface area (Å²) in [4.78, 5) is 12.1. The molecule has 5 rings (SSSR count). The number of aromatic nitrogens is 4. The molecule has 176 valence electrons. The molecule has 2 aromatic heterocycles. The highest BCUT2D eigenvalue weighted by molar-refractivity contribution is 7.89. The van der Waals surface area contributed by atoms with Gasteiger partial charge in [-0.25, -0.2) is 23.1 Å². The smallest absolute Gasteiger partial charge is 0.243 e. The number of hydrogen-bond donors (Lipinski definition) is 0. The lowest BCUT2D eigenvalue weighted by molar-refractivity contribution is 0.384. The molecule has 1 saturated heterocycles. The van der Waals surface area contributed by atoms with E-state index in [1.807, 2.05) is 44.2 Å². The Labute approximate surface area is 203 Å². The van der Waals surface area contributed by atoms with Crippen LogP contribution in [0.2, 0.25) is 5.02 Å². The molecule has 0 atom stereocenters. The van der Waals surface area contributed by atoms with Crippen LogP contribution in [0.15, 0.2) is 59.5 Å². The van der Waals surface area contributed by atoms with E-state index in [4.69, 9.17) is 26.7 Å². The number of sulfonamides is 1. The topological polar surface area (TPSA) is 84.2 Å². The number of benzene rings is 2. The molecular weight excluding hydrogens is 472 g/mol. The van der Waals surface area contributed by atoms with Gasteiger partial charge in [-0.15, -0.1) is 0 Å². The van der Waals surface area contributed by atoms with E-state index in [1.54, 1.807) is 28.9 Å². The fourth-order valence-electron chi connectivity index (χ4n) is 4.27.